The van der Waals surface area contributed by atoms with E-state index < -0.39 is 92.7 Å². The van der Waals surface area contributed by atoms with Crippen LogP contribution in [0.4, 0.5) is 8.78 Å². The lowest BCUT2D eigenvalue weighted by Gasteiger charge is -2.31. The Morgan fingerprint density at radius 3 is 2.38 bits per heavy atom. The van der Waals surface area contributed by atoms with E-state index in [0.29, 0.717) is 48.8 Å². The van der Waals surface area contributed by atoms with Crippen LogP contribution in [0.2, 0.25) is 0 Å². The molecule has 2 saturated carbocycles. The predicted molar refractivity (Wildman–Crippen MR) is 187 cm³/mol. The molecule has 0 radical (unpaired) electrons. The molecule has 2 aliphatic carbocycles. The van der Waals surface area contributed by atoms with Crippen molar-refractivity contribution in [2.45, 2.75) is 133 Å². The van der Waals surface area contributed by atoms with Crippen molar-refractivity contribution < 1.29 is 41.1 Å². The Hall–Kier alpha value is -3.95. The van der Waals surface area contributed by atoms with Gasteiger partial charge in [-0.3, -0.25) is 23.9 Å². The monoisotopic (exact) mass is 746 g/mol. The zero-order valence-electron chi connectivity index (χ0n) is 30.0. The van der Waals surface area contributed by atoms with Gasteiger partial charge >= 0.3 is 0 Å². The quantitative estimate of drug-likeness (QED) is 0.383. The molecule has 52 heavy (non-hydrogen) atoms. The predicted octanol–water partition coefficient (Wildman–Crippen LogP) is 3.54. The fourth-order valence-corrected chi connectivity index (χ4v) is 8.49. The number of fused-ring (bicyclic) bond motifs is 3. The third-order valence-corrected chi connectivity index (χ3v) is 12.3. The maximum absolute atomic E-state index is 15.3. The van der Waals surface area contributed by atoms with Gasteiger partial charge in [0.2, 0.25) is 39.5 Å². The summed E-state index contributed by atoms with van der Waals surface area (Å²) in [5, 5.41) is 4.72. The van der Waals surface area contributed by atoms with E-state index in [-0.39, 0.29) is 38.1 Å². The number of halogens is 2. The molecular weight excluding hydrogens is 698 g/mol. The first-order valence-electron chi connectivity index (χ1n) is 18.2. The van der Waals surface area contributed by atoms with Gasteiger partial charge in [-0.2, -0.15) is 0 Å². The molecule has 3 heterocycles. The molecule has 3 N–H and O–H groups in total. The minimum atomic E-state index is -4.06. The number of benzene rings is 1. The maximum atomic E-state index is 15.3. The number of para-hydroxylation sites is 2. The molecule has 13 nitrogen and oxygen atoms in total. The Labute approximate surface area is 302 Å². The van der Waals surface area contributed by atoms with E-state index in [0.717, 1.165) is 0 Å². The molecule has 4 amide bonds. The zero-order chi connectivity index (χ0) is 37.6. The SMILES string of the molecule is CCc1nc2ccccc2nc1OC1CC2C(=O)NC3(C(=O)NS(=O)(=O)C4CC4)CC3CC(F)(F)CCCCCC(NC(=O)C(C)(C)C)C(=O)N2C1. The lowest BCUT2D eigenvalue weighted by atomic mass is 9.94. The standard InChI is InChI=1S/C36H48F2N6O7S/c1-5-24-30(40-26-12-9-8-11-25(26)39-24)51-22-17-28-29(45)42-36(33(48)43-52(49,50)23-14-15-23)19-21(36)18-35(37,38)16-10-6-7-13-27(31(46)44(28)20-22)41-32(47)34(2,3)4/h8-9,11-12,21-23,27-28H,5-7,10,13-20H2,1-4H3,(H,41,47)(H,42,45)(H,43,48). The van der Waals surface area contributed by atoms with Crippen LogP contribution in [0.5, 0.6) is 5.88 Å². The second-order valence-electron chi connectivity index (χ2n) is 15.8. The second-order valence-corrected chi connectivity index (χ2v) is 17.7. The molecular formula is C36H48F2N6O7S. The average Bonchev–Trinajstić information content (AvgIpc) is 3.99. The molecule has 2 aliphatic heterocycles. The van der Waals surface area contributed by atoms with Crippen molar-refractivity contribution in [1.82, 2.24) is 30.2 Å². The zero-order valence-corrected chi connectivity index (χ0v) is 30.9. The summed E-state index contributed by atoms with van der Waals surface area (Å²) < 4.78 is 64.6. The van der Waals surface area contributed by atoms with Crippen molar-refractivity contribution in [3.05, 3.63) is 30.0 Å². The molecule has 2 aromatic rings. The molecule has 5 atom stereocenters. The topological polar surface area (TPSA) is 177 Å². The fourth-order valence-electron chi connectivity index (χ4n) is 7.13. The van der Waals surface area contributed by atoms with E-state index in [1.165, 1.54) is 4.90 Å². The van der Waals surface area contributed by atoms with Crippen molar-refractivity contribution in [3.8, 4) is 5.88 Å². The number of ether oxygens (including phenoxy) is 1. The third-order valence-electron chi connectivity index (χ3n) is 10.5. The van der Waals surface area contributed by atoms with E-state index >= 15 is 8.78 Å². The second kappa shape index (κ2) is 14.1. The Morgan fingerprint density at radius 1 is 1.04 bits per heavy atom. The van der Waals surface area contributed by atoms with Crippen LogP contribution in [0, 0.1) is 11.3 Å². The third kappa shape index (κ3) is 8.16. The number of carbonyl (C=O) groups is 4. The van der Waals surface area contributed by atoms with Crippen molar-refractivity contribution in [3.63, 3.8) is 0 Å². The number of carbonyl (C=O) groups excluding carboxylic acids is 4. The molecule has 4 fully saturated rings. The van der Waals surface area contributed by atoms with Crippen LogP contribution in [0.25, 0.3) is 11.0 Å². The minimum absolute atomic E-state index is 0.0475. The molecule has 284 valence electrons. The molecule has 4 aliphatic rings. The van der Waals surface area contributed by atoms with Gasteiger partial charge in [0.1, 0.15) is 29.4 Å². The van der Waals surface area contributed by atoms with Gasteiger partial charge in [0.05, 0.1) is 22.8 Å². The molecule has 0 spiro atoms. The summed E-state index contributed by atoms with van der Waals surface area (Å²) in [5.74, 6) is -6.77. The van der Waals surface area contributed by atoms with Crippen LogP contribution >= 0.6 is 0 Å². The highest BCUT2D eigenvalue weighted by Gasteiger charge is 2.65. The smallest absolute Gasteiger partial charge is 0.259 e. The highest BCUT2D eigenvalue weighted by atomic mass is 32.2. The van der Waals surface area contributed by atoms with Crippen LogP contribution < -0.4 is 20.1 Å². The Kier molecular flexibility index (Phi) is 10.3. The van der Waals surface area contributed by atoms with Gasteiger partial charge in [-0.25, -0.2) is 27.2 Å². The minimum Gasteiger partial charge on any atom is -0.471 e. The van der Waals surface area contributed by atoms with E-state index in [4.69, 9.17) is 4.74 Å². The number of aromatic nitrogens is 2. The van der Waals surface area contributed by atoms with Crippen LogP contribution in [-0.2, 0) is 35.6 Å². The Morgan fingerprint density at radius 2 is 1.73 bits per heavy atom. The number of hydrogen-bond acceptors (Lipinski definition) is 9. The van der Waals surface area contributed by atoms with Gasteiger partial charge in [-0.1, -0.05) is 52.7 Å². The van der Waals surface area contributed by atoms with Gasteiger partial charge in [0, 0.05) is 24.7 Å². The van der Waals surface area contributed by atoms with Crippen molar-refractivity contribution in [2.75, 3.05) is 6.54 Å². The summed E-state index contributed by atoms with van der Waals surface area (Å²) in [4.78, 5) is 66.2. The molecule has 6 rings (SSSR count). The number of amides is 4. The lowest BCUT2D eigenvalue weighted by Crippen LogP contribution is -2.58. The molecule has 0 bridgehead atoms. The van der Waals surface area contributed by atoms with Crippen LogP contribution in [-0.4, -0.2) is 88.4 Å². The number of nitrogens with one attached hydrogen (secondary N) is 3. The van der Waals surface area contributed by atoms with Gasteiger partial charge in [0.25, 0.3) is 5.91 Å². The van der Waals surface area contributed by atoms with Gasteiger partial charge in [0.15, 0.2) is 0 Å². The summed E-state index contributed by atoms with van der Waals surface area (Å²) in [6.07, 6.45) is 0.0514. The fraction of sp³-hybridized carbons (Fsp3) is 0.667. The van der Waals surface area contributed by atoms with Gasteiger partial charge in [-0.15, -0.1) is 0 Å². The first-order valence-corrected chi connectivity index (χ1v) is 19.8. The number of hydrogen-bond donors (Lipinski definition) is 3. The van der Waals surface area contributed by atoms with Gasteiger partial charge < -0.3 is 20.3 Å². The highest BCUT2D eigenvalue weighted by Crippen LogP contribution is 2.51. The largest absolute Gasteiger partial charge is 0.471 e. The summed E-state index contributed by atoms with van der Waals surface area (Å²) in [6, 6.07) is 4.98. The first-order chi connectivity index (χ1) is 24.4. The van der Waals surface area contributed by atoms with Crippen molar-refractivity contribution in [1.29, 1.82) is 0 Å². The van der Waals surface area contributed by atoms with Crippen molar-refractivity contribution in [2.24, 2.45) is 11.3 Å². The summed E-state index contributed by atoms with van der Waals surface area (Å²) in [5.41, 5.74) is -0.917. The van der Waals surface area contributed by atoms with Crippen LogP contribution in [0.15, 0.2) is 24.3 Å². The molecule has 2 saturated heterocycles. The number of aryl methyl sites for hydroxylation is 1. The van der Waals surface area contributed by atoms with Crippen LogP contribution in [0.3, 0.4) is 0 Å². The highest BCUT2D eigenvalue weighted by molar-refractivity contribution is 7.91. The lowest BCUT2D eigenvalue weighted by molar-refractivity contribution is -0.143. The number of rotatable bonds is 7. The average molecular weight is 747 g/mol. The Balaban J connectivity index is 1.34. The summed E-state index contributed by atoms with van der Waals surface area (Å²) in [7, 11) is -4.06. The van der Waals surface area contributed by atoms with Gasteiger partial charge in [-0.05, 0) is 56.6 Å². The van der Waals surface area contributed by atoms with E-state index in [9.17, 15) is 27.6 Å². The Bertz CT molecular complexity index is 1850. The van der Waals surface area contributed by atoms with E-state index in [2.05, 4.69) is 20.6 Å². The first kappa shape index (κ1) is 37.8. The number of nitrogens with zero attached hydrogens (tertiary/aromatic N) is 3. The maximum Gasteiger partial charge on any atom is 0.259 e. The number of alkyl halides is 2. The molecule has 1 aromatic carbocycles. The van der Waals surface area contributed by atoms with Crippen molar-refractivity contribution >= 4 is 44.7 Å². The normalized spacial score (nSPS) is 28.5. The van der Waals surface area contributed by atoms with Crippen LogP contribution in [0.1, 0.15) is 97.6 Å². The number of sulfonamides is 1. The summed E-state index contributed by atoms with van der Waals surface area (Å²) >= 11 is 0. The molecule has 16 heteroatoms. The van der Waals surface area contributed by atoms with E-state index in [1.807, 2.05) is 29.8 Å². The molecule has 5 unspecified atom stereocenters. The summed E-state index contributed by atoms with van der Waals surface area (Å²) in [6.45, 7) is 6.92. The molecule has 1 aromatic heterocycles. The van der Waals surface area contributed by atoms with E-state index in [1.54, 1.807) is 26.8 Å².